The van der Waals surface area contributed by atoms with Gasteiger partial charge in [-0.3, -0.25) is 0 Å². The van der Waals surface area contributed by atoms with Crippen molar-refractivity contribution >= 4 is 15.5 Å². The molecule has 0 saturated carbocycles. The Labute approximate surface area is 109 Å². The highest BCUT2D eigenvalue weighted by molar-refractivity contribution is 6.53. The lowest BCUT2D eigenvalue weighted by molar-refractivity contribution is -0.141. The van der Waals surface area contributed by atoms with Crippen LogP contribution in [-0.2, 0) is 9.53 Å². The van der Waals surface area contributed by atoms with E-state index in [9.17, 15) is 4.79 Å². The van der Waals surface area contributed by atoms with Crippen molar-refractivity contribution in [2.75, 3.05) is 0 Å². The number of carbonyl (C=O) groups excluding carboxylic acids is 1. The monoisotopic (exact) mass is 256 g/mol. The molecule has 0 unspecified atom stereocenters. The van der Waals surface area contributed by atoms with Crippen molar-refractivity contribution in [3.8, 4) is 0 Å². The van der Waals surface area contributed by atoms with E-state index in [4.69, 9.17) is 4.74 Å². The second kappa shape index (κ2) is 8.51. The molecule has 0 saturated heterocycles. The van der Waals surface area contributed by atoms with E-state index >= 15 is 0 Å². The van der Waals surface area contributed by atoms with Gasteiger partial charge < -0.3 is 4.74 Å². The molecule has 0 aromatic heterocycles. The van der Waals surface area contributed by atoms with Gasteiger partial charge in [0, 0.05) is 5.20 Å². The Bertz CT molecular complexity index is 255. The number of esters is 1. The van der Waals surface area contributed by atoms with E-state index in [0.29, 0.717) is 5.92 Å². The summed E-state index contributed by atoms with van der Waals surface area (Å²) in [5.41, 5.74) is 0. The van der Waals surface area contributed by atoms with E-state index in [1.807, 2.05) is 13.8 Å². The molecule has 17 heavy (non-hydrogen) atoms. The Morgan fingerprint density at radius 2 is 1.76 bits per heavy atom. The standard InChI is InChI=1S/C14H28O2Si/c1-10(2)7-8-17-13(9-11(3)4)14(15)16-12(5)6/h9-12H,7-8,17H2,1-6H3. The van der Waals surface area contributed by atoms with Crippen LogP contribution in [0.5, 0.6) is 0 Å². The van der Waals surface area contributed by atoms with Gasteiger partial charge in [-0.2, -0.15) is 0 Å². The summed E-state index contributed by atoms with van der Waals surface area (Å²) in [6, 6.07) is 1.20. The molecule has 0 atom stereocenters. The maximum Gasteiger partial charge on any atom is 0.329 e. The van der Waals surface area contributed by atoms with Gasteiger partial charge in [0.2, 0.25) is 0 Å². The van der Waals surface area contributed by atoms with Gasteiger partial charge in [0.1, 0.15) is 0 Å². The Balaban J connectivity index is 4.39. The molecule has 0 aromatic rings. The number of carbonyl (C=O) groups is 1. The molecule has 0 amide bonds. The minimum absolute atomic E-state index is 0.0165. The fraction of sp³-hybridized carbons (Fsp3) is 0.786. The lowest BCUT2D eigenvalue weighted by Gasteiger charge is -2.12. The zero-order valence-corrected chi connectivity index (χ0v) is 13.7. The SMILES string of the molecule is CC(C)C=C([SiH2]CCC(C)C)C(=O)OC(C)C. The molecule has 0 bridgehead atoms. The number of rotatable bonds is 7. The van der Waals surface area contributed by atoms with Crippen LogP contribution < -0.4 is 0 Å². The Kier molecular flexibility index (Phi) is 8.22. The van der Waals surface area contributed by atoms with Gasteiger partial charge in [0.05, 0.1) is 15.6 Å². The van der Waals surface area contributed by atoms with Crippen molar-refractivity contribution in [2.24, 2.45) is 11.8 Å². The molecular formula is C14H28O2Si. The number of allylic oxidation sites excluding steroid dienone is 1. The molecule has 2 nitrogen and oxygen atoms in total. The summed E-state index contributed by atoms with van der Waals surface area (Å²) < 4.78 is 5.30. The highest BCUT2D eigenvalue weighted by Gasteiger charge is 2.13. The zero-order valence-electron chi connectivity index (χ0n) is 12.2. The summed E-state index contributed by atoms with van der Waals surface area (Å²) in [5, 5.41) is 0.981. The smallest absolute Gasteiger partial charge is 0.329 e. The van der Waals surface area contributed by atoms with Gasteiger partial charge in [-0.05, 0) is 25.7 Å². The van der Waals surface area contributed by atoms with E-state index in [0.717, 1.165) is 11.1 Å². The van der Waals surface area contributed by atoms with E-state index in [1.54, 1.807) is 0 Å². The van der Waals surface area contributed by atoms with E-state index in [-0.39, 0.29) is 12.1 Å². The molecule has 100 valence electrons. The molecule has 0 aliphatic rings. The molecule has 0 fully saturated rings. The lowest BCUT2D eigenvalue weighted by Crippen LogP contribution is -2.18. The zero-order chi connectivity index (χ0) is 13.4. The van der Waals surface area contributed by atoms with Crippen LogP contribution in [0.15, 0.2) is 11.3 Å². The second-order valence-corrected chi connectivity index (χ2v) is 7.64. The molecule has 0 heterocycles. The average Bonchev–Trinajstić information content (AvgIpc) is 2.13. The topological polar surface area (TPSA) is 26.3 Å². The minimum atomic E-state index is -0.464. The van der Waals surface area contributed by atoms with Crippen LogP contribution >= 0.6 is 0 Å². The third-order valence-corrected chi connectivity index (χ3v) is 4.19. The quantitative estimate of drug-likeness (QED) is 0.397. The van der Waals surface area contributed by atoms with Crippen molar-refractivity contribution in [1.29, 1.82) is 0 Å². The van der Waals surface area contributed by atoms with Crippen molar-refractivity contribution in [3.05, 3.63) is 11.3 Å². The summed E-state index contributed by atoms with van der Waals surface area (Å²) >= 11 is 0. The molecule has 0 spiro atoms. The highest BCUT2D eigenvalue weighted by Crippen LogP contribution is 2.11. The van der Waals surface area contributed by atoms with E-state index in [2.05, 4.69) is 33.8 Å². The van der Waals surface area contributed by atoms with Gasteiger partial charge in [0.25, 0.3) is 0 Å². The third-order valence-electron chi connectivity index (χ3n) is 2.37. The predicted molar refractivity (Wildman–Crippen MR) is 77.0 cm³/mol. The number of hydrogen-bond acceptors (Lipinski definition) is 2. The summed E-state index contributed by atoms with van der Waals surface area (Å²) in [6.45, 7) is 12.5. The maximum absolute atomic E-state index is 11.9. The predicted octanol–water partition coefficient (Wildman–Crippen LogP) is 3.11. The van der Waals surface area contributed by atoms with Gasteiger partial charge in [-0.25, -0.2) is 4.79 Å². The molecule has 0 N–H and O–H groups in total. The third kappa shape index (κ3) is 9.16. The van der Waals surface area contributed by atoms with Gasteiger partial charge in [0.15, 0.2) is 0 Å². The molecule has 0 radical (unpaired) electrons. The van der Waals surface area contributed by atoms with Crippen LogP contribution in [0, 0.1) is 11.8 Å². The van der Waals surface area contributed by atoms with Crippen molar-refractivity contribution in [2.45, 2.75) is 60.1 Å². The average molecular weight is 256 g/mol. The summed E-state index contributed by atoms with van der Waals surface area (Å²) in [5.74, 6) is 1.07. The Morgan fingerprint density at radius 3 is 2.18 bits per heavy atom. The second-order valence-electron chi connectivity index (χ2n) is 5.68. The molecule has 0 aliphatic carbocycles. The largest absolute Gasteiger partial charge is 0.460 e. The molecule has 0 aromatic carbocycles. The number of hydrogen-bond donors (Lipinski definition) is 0. The first-order valence-electron chi connectivity index (χ1n) is 6.74. The molecular weight excluding hydrogens is 228 g/mol. The first kappa shape index (κ1) is 16.4. The van der Waals surface area contributed by atoms with Crippen LogP contribution in [0.1, 0.15) is 48.0 Å². The summed E-state index contributed by atoms with van der Waals surface area (Å²) in [7, 11) is -0.464. The molecule has 0 rings (SSSR count). The maximum atomic E-state index is 11.9. The van der Waals surface area contributed by atoms with E-state index in [1.165, 1.54) is 12.5 Å². The van der Waals surface area contributed by atoms with Gasteiger partial charge in [-0.1, -0.05) is 46.2 Å². The Hall–Kier alpha value is -0.573. The fourth-order valence-corrected chi connectivity index (χ4v) is 3.97. The minimum Gasteiger partial charge on any atom is -0.460 e. The fourth-order valence-electron chi connectivity index (χ4n) is 1.65. The number of ether oxygens (including phenoxy) is 1. The Morgan fingerprint density at radius 1 is 1.18 bits per heavy atom. The van der Waals surface area contributed by atoms with Crippen molar-refractivity contribution < 1.29 is 9.53 Å². The van der Waals surface area contributed by atoms with Crippen LogP contribution in [0.3, 0.4) is 0 Å². The molecule has 3 heteroatoms. The van der Waals surface area contributed by atoms with Crippen molar-refractivity contribution in [3.63, 3.8) is 0 Å². The van der Waals surface area contributed by atoms with Crippen LogP contribution in [-0.4, -0.2) is 21.6 Å². The van der Waals surface area contributed by atoms with Crippen LogP contribution in [0.25, 0.3) is 0 Å². The summed E-state index contributed by atoms with van der Waals surface area (Å²) in [4.78, 5) is 11.9. The first-order valence-corrected chi connectivity index (χ1v) is 8.45. The summed E-state index contributed by atoms with van der Waals surface area (Å²) in [6.07, 6.45) is 3.30. The lowest BCUT2D eigenvalue weighted by atomic mass is 10.2. The van der Waals surface area contributed by atoms with Gasteiger partial charge in [-0.15, -0.1) is 0 Å². The normalized spacial score (nSPS) is 13.4. The molecule has 0 aliphatic heterocycles. The highest BCUT2D eigenvalue weighted by atomic mass is 28.2. The van der Waals surface area contributed by atoms with Gasteiger partial charge >= 0.3 is 5.97 Å². The van der Waals surface area contributed by atoms with Crippen LogP contribution in [0.2, 0.25) is 6.04 Å². The van der Waals surface area contributed by atoms with Crippen LogP contribution in [0.4, 0.5) is 0 Å². The van der Waals surface area contributed by atoms with Crippen molar-refractivity contribution in [1.82, 2.24) is 0 Å². The van der Waals surface area contributed by atoms with E-state index < -0.39 is 9.52 Å². The first-order chi connectivity index (χ1) is 7.82.